The van der Waals surface area contributed by atoms with Gasteiger partial charge in [-0.3, -0.25) is 14.5 Å². The van der Waals surface area contributed by atoms with Gasteiger partial charge < -0.3 is 24.0 Å². The highest BCUT2D eigenvalue weighted by molar-refractivity contribution is 5.82. The number of aryl methyl sites for hydroxylation is 2. The number of carbonyl (C=O) groups is 2. The number of pyridine rings is 1. The van der Waals surface area contributed by atoms with Crippen LogP contribution in [0.4, 0.5) is 0 Å². The zero-order chi connectivity index (χ0) is 24.2. The number of nitrogens with one attached hydrogen (secondary N) is 1. The average Bonchev–Trinajstić information content (AvgIpc) is 3.28. The smallest absolute Gasteiger partial charge is 0.305 e. The van der Waals surface area contributed by atoms with Gasteiger partial charge in [0.1, 0.15) is 6.29 Å². The Morgan fingerprint density at radius 1 is 1.15 bits per heavy atom. The van der Waals surface area contributed by atoms with Crippen LogP contribution in [0.25, 0.3) is 10.9 Å². The van der Waals surface area contributed by atoms with Gasteiger partial charge in [-0.05, 0) is 61.0 Å². The number of aldehydes is 1. The molecule has 0 aliphatic carbocycles. The van der Waals surface area contributed by atoms with E-state index >= 15 is 0 Å². The van der Waals surface area contributed by atoms with Gasteiger partial charge in [0.2, 0.25) is 6.79 Å². The van der Waals surface area contributed by atoms with Crippen molar-refractivity contribution in [3.05, 3.63) is 69.0 Å². The number of nitrogens with zero attached hydrogens (tertiary/aromatic N) is 1. The van der Waals surface area contributed by atoms with Crippen LogP contribution in [-0.4, -0.2) is 42.1 Å². The van der Waals surface area contributed by atoms with Gasteiger partial charge in [0.15, 0.2) is 11.5 Å². The lowest BCUT2D eigenvalue weighted by atomic mass is 10.0. The van der Waals surface area contributed by atoms with Crippen molar-refractivity contribution in [1.82, 2.24) is 9.88 Å². The fraction of sp³-hybridized carbons (Fsp3) is 0.346. The molecule has 1 aliphatic heterocycles. The van der Waals surface area contributed by atoms with E-state index in [1.54, 1.807) is 0 Å². The van der Waals surface area contributed by atoms with Gasteiger partial charge in [-0.25, -0.2) is 0 Å². The monoisotopic (exact) mass is 464 g/mol. The number of benzene rings is 2. The molecule has 0 radical (unpaired) electrons. The topological polar surface area (TPSA) is 97.9 Å². The lowest BCUT2D eigenvalue weighted by Crippen LogP contribution is -2.37. The summed E-state index contributed by atoms with van der Waals surface area (Å²) in [6.45, 7) is 4.76. The third-order valence-corrected chi connectivity index (χ3v) is 6.06. The number of hydrogen-bond acceptors (Lipinski definition) is 7. The van der Waals surface area contributed by atoms with E-state index < -0.39 is 6.04 Å². The largest absolute Gasteiger partial charge is 0.469 e. The Bertz CT molecular complexity index is 1280. The summed E-state index contributed by atoms with van der Waals surface area (Å²) in [4.78, 5) is 41.6. The highest BCUT2D eigenvalue weighted by Crippen LogP contribution is 2.33. The molecule has 2 heterocycles. The maximum atomic E-state index is 13.0. The minimum absolute atomic E-state index is 0.101. The van der Waals surface area contributed by atoms with Crippen LogP contribution in [0, 0.1) is 13.8 Å². The quantitative estimate of drug-likeness (QED) is 0.383. The third kappa shape index (κ3) is 5.12. The molecule has 0 saturated heterocycles. The summed E-state index contributed by atoms with van der Waals surface area (Å²) in [5, 5.41) is 0.937. The summed E-state index contributed by atoms with van der Waals surface area (Å²) in [5.74, 6) is 0.929. The summed E-state index contributed by atoms with van der Waals surface area (Å²) in [7, 11) is 1.32. The van der Waals surface area contributed by atoms with Crippen molar-refractivity contribution in [1.29, 1.82) is 0 Å². The molecule has 34 heavy (non-hydrogen) atoms. The fourth-order valence-electron chi connectivity index (χ4n) is 4.34. The lowest BCUT2D eigenvalue weighted by molar-refractivity contribution is -0.141. The molecule has 8 heteroatoms. The minimum Gasteiger partial charge on any atom is -0.469 e. The number of esters is 1. The predicted molar refractivity (Wildman–Crippen MR) is 127 cm³/mol. The van der Waals surface area contributed by atoms with Crippen molar-refractivity contribution < 1.29 is 23.8 Å². The van der Waals surface area contributed by atoms with Gasteiger partial charge in [-0.1, -0.05) is 17.7 Å². The van der Waals surface area contributed by atoms with Crippen LogP contribution >= 0.6 is 0 Å². The van der Waals surface area contributed by atoms with Crippen molar-refractivity contribution >= 4 is 23.2 Å². The molecular formula is C26H28N2O6. The van der Waals surface area contributed by atoms with Crippen molar-refractivity contribution in [3.8, 4) is 11.5 Å². The van der Waals surface area contributed by atoms with Crippen LogP contribution in [0.5, 0.6) is 11.5 Å². The average molecular weight is 465 g/mol. The molecule has 178 valence electrons. The Morgan fingerprint density at radius 2 is 1.94 bits per heavy atom. The van der Waals surface area contributed by atoms with E-state index in [1.807, 2.05) is 55.1 Å². The zero-order valence-electron chi connectivity index (χ0n) is 19.6. The van der Waals surface area contributed by atoms with Gasteiger partial charge in [-0.2, -0.15) is 0 Å². The van der Waals surface area contributed by atoms with E-state index in [-0.39, 0.29) is 37.7 Å². The van der Waals surface area contributed by atoms with Crippen LogP contribution in [-0.2, 0) is 27.4 Å². The molecule has 1 N–H and O–H groups in total. The Balaban J connectivity index is 1.67. The van der Waals surface area contributed by atoms with Crippen LogP contribution in [0.1, 0.15) is 35.1 Å². The van der Waals surface area contributed by atoms with E-state index in [4.69, 9.17) is 14.2 Å². The predicted octanol–water partition coefficient (Wildman–Crippen LogP) is 3.40. The Kier molecular flexibility index (Phi) is 6.98. The van der Waals surface area contributed by atoms with Crippen LogP contribution in [0.3, 0.4) is 0 Å². The number of rotatable bonds is 9. The highest BCUT2D eigenvalue weighted by Gasteiger charge is 2.23. The second-order valence-corrected chi connectivity index (χ2v) is 8.58. The van der Waals surface area contributed by atoms with E-state index in [1.165, 1.54) is 7.11 Å². The first-order valence-electron chi connectivity index (χ1n) is 11.2. The van der Waals surface area contributed by atoms with Crippen molar-refractivity contribution in [2.45, 2.75) is 45.8 Å². The molecule has 8 nitrogen and oxygen atoms in total. The normalized spacial score (nSPS) is 13.3. The summed E-state index contributed by atoms with van der Waals surface area (Å²) < 4.78 is 15.6. The van der Waals surface area contributed by atoms with E-state index in [2.05, 4.69) is 4.98 Å². The van der Waals surface area contributed by atoms with Crippen LogP contribution < -0.4 is 15.0 Å². The number of hydrogen-bond donors (Lipinski definition) is 1. The molecule has 1 aliphatic rings. The molecule has 1 atom stereocenters. The number of fused-ring (bicyclic) bond motifs is 2. The number of aromatic nitrogens is 1. The van der Waals surface area contributed by atoms with Gasteiger partial charge in [0.05, 0.1) is 18.7 Å². The number of carbonyl (C=O) groups excluding carboxylic acids is 2. The molecule has 2 aromatic carbocycles. The van der Waals surface area contributed by atoms with Crippen molar-refractivity contribution in [2.75, 3.05) is 13.9 Å². The number of H-pyrrole nitrogens is 1. The molecule has 0 spiro atoms. The first-order chi connectivity index (χ1) is 16.4. The van der Waals surface area contributed by atoms with E-state index in [0.717, 1.165) is 33.9 Å². The SMILES string of the molecule is COC(=O)CCC(C=O)N(Cc1ccc2c(c1)OCO2)Cc1cc2cc(C)cc(C)c2[nH]c1=O. The first kappa shape index (κ1) is 23.5. The van der Waals surface area contributed by atoms with E-state index in [0.29, 0.717) is 23.6 Å². The molecule has 0 fully saturated rings. The third-order valence-electron chi connectivity index (χ3n) is 6.06. The highest BCUT2D eigenvalue weighted by atomic mass is 16.7. The van der Waals surface area contributed by atoms with Crippen molar-refractivity contribution in [3.63, 3.8) is 0 Å². The molecule has 1 unspecified atom stereocenters. The molecule has 3 aromatic rings. The lowest BCUT2D eigenvalue weighted by Gasteiger charge is -2.28. The summed E-state index contributed by atoms with van der Waals surface area (Å²) >= 11 is 0. The zero-order valence-corrected chi connectivity index (χ0v) is 19.6. The van der Waals surface area contributed by atoms with Gasteiger partial charge >= 0.3 is 5.97 Å². The maximum Gasteiger partial charge on any atom is 0.305 e. The standard InChI is InChI=1S/C26H28N2O6/c1-16-8-17(2)25-19(9-16)11-20(26(31)27-25)13-28(21(14-29)5-7-24(30)32-3)12-18-4-6-22-23(10-18)34-15-33-22/h4,6,8-11,14,21H,5,7,12-13,15H2,1-3H3,(H,27,31). The van der Waals surface area contributed by atoms with Gasteiger partial charge in [0.25, 0.3) is 5.56 Å². The van der Waals surface area contributed by atoms with Gasteiger partial charge in [0, 0.05) is 25.1 Å². The van der Waals surface area contributed by atoms with E-state index in [9.17, 15) is 14.4 Å². The molecule has 4 rings (SSSR count). The number of aromatic amines is 1. The Labute approximate surface area is 197 Å². The second kappa shape index (κ2) is 10.1. The fourth-order valence-corrected chi connectivity index (χ4v) is 4.34. The van der Waals surface area contributed by atoms with Gasteiger partial charge in [-0.15, -0.1) is 0 Å². The Morgan fingerprint density at radius 3 is 2.71 bits per heavy atom. The van der Waals surface area contributed by atoms with Crippen LogP contribution in [0.15, 0.2) is 41.2 Å². The molecule has 0 amide bonds. The summed E-state index contributed by atoms with van der Waals surface area (Å²) in [6.07, 6.45) is 1.20. The maximum absolute atomic E-state index is 13.0. The summed E-state index contributed by atoms with van der Waals surface area (Å²) in [5.41, 5.74) is 4.15. The van der Waals surface area contributed by atoms with Crippen LogP contribution in [0.2, 0.25) is 0 Å². The molecule has 1 aromatic heterocycles. The molecule has 0 saturated carbocycles. The number of methoxy groups -OCH3 is 1. The Hall–Kier alpha value is -3.65. The molecule has 0 bridgehead atoms. The molecular weight excluding hydrogens is 436 g/mol. The first-order valence-corrected chi connectivity index (χ1v) is 11.2. The summed E-state index contributed by atoms with van der Waals surface area (Å²) in [6, 6.07) is 10.9. The second-order valence-electron chi connectivity index (χ2n) is 8.58. The number of ether oxygens (including phenoxy) is 3. The van der Waals surface area contributed by atoms with Crippen molar-refractivity contribution in [2.24, 2.45) is 0 Å². The minimum atomic E-state index is -0.584.